The minimum Gasteiger partial charge on any atom is -0.478 e. The van der Waals surface area contributed by atoms with Crippen LogP contribution >= 0.6 is 0 Å². The quantitative estimate of drug-likeness (QED) is 0.703. The molecule has 0 saturated heterocycles. The van der Waals surface area contributed by atoms with E-state index in [1.165, 1.54) is 5.56 Å². The van der Waals surface area contributed by atoms with Crippen LogP contribution in [0.2, 0.25) is 0 Å². The van der Waals surface area contributed by atoms with Crippen molar-refractivity contribution in [1.29, 1.82) is 0 Å². The molecule has 13 heavy (non-hydrogen) atoms. The third kappa shape index (κ3) is 1.42. The first kappa shape index (κ1) is 8.26. The van der Waals surface area contributed by atoms with Crippen molar-refractivity contribution < 1.29 is 9.90 Å². The third-order valence-electron chi connectivity index (χ3n) is 2.33. The van der Waals surface area contributed by atoms with Gasteiger partial charge in [-0.2, -0.15) is 0 Å². The molecule has 2 rings (SSSR count). The molecule has 1 N–H and O–H groups in total. The first-order valence-corrected chi connectivity index (χ1v) is 4.20. The van der Waals surface area contributed by atoms with Gasteiger partial charge in [-0.1, -0.05) is 6.07 Å². The van der Waals surface area contributed by atoms with Crippen molar-refractivity contribution in [2.45, 2.75) is 13.1 Å². The largest absolute Gasteiger partial charge is 0.478 e. The van der Waals surface area contributed by atoms with Crippen molar-refractivity contribution >= 4 is 5.97 Å². The summed E-state index contributed by atoms with van der Waals surface area (Å²) in [4.78, 5) is 12.8. The molecule has 1 aromatic rings. The molecular weight excluding hydrogens is 166 g/mol. The molecule has 0 atom stereocenters. The lowest BCUT2D eigenvalue weighted by Gasteiger charge is -2.02. The van der Waals surface area contributed by atoms with Crippen LogP contribution in [0.15, 0.2) is 18.2 Å². The van der Waals surface area contributed by atoms with Crippen LogP contribution in [0.3, 0.4) is 0 Å². The van der Waals surface area contributed by atoms with Gasteiger partial charge in [0.1, 0.15) is 0 Å². The number of carboxylic acid groups (broad SMARTS) is 1. The molecule has 3 nitrogen and oxygen atoms in total. The molecule has 0 unspecified atom stereocenters. The topological polar surface area (TPSA) is 40.5 Å². The lowest BCUT2D eigenvalue weighted by atomic mass is 10.1. The zero-order valence-corrected chi connectivity index (χ0v) is 7.45. The van der Waals surface area contributed by atoms with Crippen LogP contribution in [0.4, 0.5) is 0 Å². The molecule has 0 amide bonds. The number of nitrogens with zero attached hydrogens (tertiary/aromatic N) is 1. The van der Waals surface area contributed by atoms with Crippen molar-refractivity contribution in [2.75, 3.05) is 7.05 Å². The van der Waals surface area contributed by atoms with Crippen LogP contribution < -0.4 is 0 Å². The maximum Gasteiger partial charge on any atom is 0.335 e. The highest BCUT2D eigenvalue weighted by atomic mass is 16.4. The lowest BCUT2D eigenvalue weighted by molar-refractivity contribution is 0.0697. The molecule has 1 aliphatic heterocycles. The molecule has 1 aromatic carbocycles. The summed E-state index contributed by atoms with van der Waals surface area (Å²) in [5, 5.41) is 8.77. The highest BCUT2D eigenvalue weighted by Crippen LogP contribution is 2.22. The highest BCUT2D eigenvalue weighted by Gasteiger charge is 2.16. The molecule has 3 heteroatoms. The smallest absolute Gasteiger partial charge is 0.335 e. The van der Waals surface area contributed by atoms with E-state index in [2.05, 4.69) is 4.90 Å². The number of benzene rings is 1. The molecule has 68 valence electrons. The monoisotopic (exact) mass is 177 g/mol. The first-order chi connectivity index (χ1) is 6.16. The fourth-order valence-corrected chi connectivity index (χ4v) is 1.70. The predicted octanol–water partition coefficient (Wildman–Crippen LogP) is 1.33. The zero-order chi connectivity index (χ0) is 9.42. The van der Waals surface area contributed by atoms with E-state index in [0.29, 0.717) is 5.56 Å². The normalized spacial score (nSPS) is 15.8. The van der Waals surface area contributed by atoms with E-state index in [4.69, 9.17) is 5.11 Å². The van der Waals surface area contributed by atoms with Gasteiger partial charge in [0.05, 0.1) is 5.56 Å². The van der Waals surface area contributed by atoms with Crippen molar-refractivity contribution in [3.63, 3.8) is 0 Å². The summed E-state index contributed by atoms with van der Waals surface area (Å²) in [7, 11) is 2.03. The van der Waals surface area contributed by atoms with Gasteiger partial charge in [-0.3, -0.25) is 4.90 Å². The van der Waals surface area contributed by atoms with Crippen LogP contribution in [0.25, 0.3) is 0 Å². The maximum atomic E-state index is 10.7. The number of fused-ring (bicyclic) bond motifs is 1. The second-order valence-electron chi connectivity index (χ2n) is 3.46. The summed E-state index contributed by atoms with van der Waals surface area (Å²) in [5.41, 5.74) is 2.77. The van der Waals surface area contributed by atoms with Crippen molar-refractivity contribution in [2.24, 2.45) is 0 Å². The van der Waals surface area contributed by atoms with Gasteiger partial charge in [0, 0.05) is 13.1 Å². The van der Waals surface area contributed by atoms with Gasteiger partial charge < -0.3 is 5.11 Å². The summed E-state index contributed by atoms with van der Waals surface area (Å²) < 4.78 is 0. The second kappa shape index (κ2) is 2.85. The van der Waals surface area contributed by atoms with E-state index < -0.39 is 5.97 Å². The number of aromatic carboxylic acids is 1. The summed E-state index contributed by atoms with van der Waals surface area (Å²) in [6.07, 6.45) is 0. The average molecular weight is 177 g/mol. The molecule has 0 bridgehead atoms. The zero-order valence-electron chi connectivity index (χ0n) is 7.45. The molecule has 1 aliphatic rings. The first-order valence-electron chi connectivity index (χ1n) is 4.20. The Balaban J connectivity index is 2.40. The van der Waals surface area contributed by atoms with Crippen molar-refractivity contribution in [1.82, 2.24) is 4.90 Å². The highest BCUT2D eigenvalue weighted by molar-refractivity contribution is 5.87. The van der Waals surface area contributed by atoms with E-state index in [0.717, 1.165) is 18.7 Å². The van der Waals surface area contributed by atoms with Gasteiger partial charge >= 0.3 is 5.97 Å². The van der Waals surface area contributed by atoms with Gasteiger partial charge in [-0.15, -0.1) is 0 Å². The van der Waals surface area contributed by atoms with Crippen LogP contribution in [-0.2, 0) is 13.1 Å². The minimum absolute atomic E-state index is 0.383. The summed E-state index contributed by atoms with van der Waals surface area (Å²) in [6.45, 7) is 1.78. The molecule has 1 heterocycles. The molecule has 0 saturated carbocycles. The van der Waals surface area contributed by atoms with Crippen LogP contribution in [0, 0.1) is 0 Å². The van der Waals surface area contributed by atoms with Gasteiger partial charge in [0.15, 0.2) is 0 Å². The molecular formula is C10H11NO2. The maximum absolute atomic E-state index is 10.7. The SMILES string of the molecule is CN1Cc2ccc(C(=O)O)cc2C1. The lowest BCUT2D eigenvalue weighted by Crippen LogP contribution is -2.07. The van der Waals surface area contributed by atoms with Crippen molar-refractivity contribution in [3.8, 4) is 0 Å². The van der Waals surface area contributed by atoms with E-state index in [9.17, 15) is 4.79 Å². The predicted molar refractivity (Wildman–Crippen MR) is 48.6 cm³/mol. The van der Waals surface area contributed by atoms with Crippen LogP contribution in [-0.4, -0.2) is 23.0 Å². The third-order valence-corrected chi connectivity index (χ3v) is 2.33. The Bertz CT molecular complexity index is 360. The van der Waals surface area contributed by atoms with Gasteiger partial charge in [-0.05, 0) is 30.3 Å². The fourth-order valence-electron chi connectivity index (χ4n) is 1.70. The molecule has 0 aromatic heterocycles. The number of hydrogen-bond acceptors (Lipinski definition) is 2. The van der Waals surface area contributed by atoms with E-state index in [-0.39, 0.29) is 0 Å². The molecule has 0 radical (unpaired) electrons. The second-order valence-corrected chi connectivity index (χ2v) is 3.46. The Morgan fingerprint density at radius 3 is 2.77 bits per heavy atom. The minimum atomic E-state index is -0.850. The summed E-state index contributed by atoms with van der Waals surface area (Å²) in [6, 6.07) is 5.34. The number of hydrogen-bond donors (Lipinski definition) is 1. The Labute approximate surface area is 76.6 Å². The van der Waals surface area contributed by atoms with Crippen molar-refractivity contribution in [3.05, 3.63) is 34.9 Å². The number of carboxylic acids is 1. The molecule has 0 fully saturated rings. The number of rotatable bonds is 1. The van der Waals surface area contributed by atoms with E-state index >= 15 is 0 Å². The summed E-state index contributed by atoms with van der Waals surface area (Å²) >= 11 is 0. The Morgan fingerprint density at radius 2 is 2.08 bits per heavy atom. The molecule has 0 aliphatic carbocycles. The van der Waals surface area contributed by atoms with Crippen LogP contribution in [0.5, 0.6) is 0 Å². The van der Waals surface area contributed by atoms with Gasteiger partial charge in [-0.25, -0.2) is 4.79 Å². The Hall–Kier alpha value is -1.35. The summed E-state index contributed by atoms with van der Waals surface area (Å²) in [5.74, 6) is -0.850. The average Bonchev–Trinajstić information content (AvgIpc) is 2.42. The fraction of sp³-hybridized carbons (Fsp3) is 0.300. The standard InChI is InChI=1S/C10H11NO2/c1-11-5-8-3-2-7(10(12)13)4-9(8)6-11/h2-4H,5-6H2,1H3,(H,12,13). The Kier molecular flexibility index (Phi) is 1.81. The van der Waals surface area contributed by atoms with Crippen LogP contribution in [0.1, 0.15) is 21.5 Å². The number of carbonyl (C=O) groups is 1. The van der Waals surface area contributed by atoms with Gasteiger partial charge in [0.2, 0.25) is 0 Å². The Morgan fingerprint density at radius 1 is 1.38 bits per heavy atom. The van der Waals surface area contributed by atoms with Gasteiger partial charge in [0.25, 0.3) is 0 Å². The molecule has 0 spiro atoms. The van der Waals surface area contributed by atoms with E-state index in [1.54, 1.807) is 12.1 Å². The van der Waals surface area contributed by atoms with E-state index in [1.807, 2.05) is 13.1 Å².